The third-order valence-electron chi connectivity index (χ3n) is 4.62. The van der Waals surface area contributed by atoms with Crippen molar-refractivity contribution in [3.8, 4) is 0 Å². The Bertz CT molecular complexity index is 901. The second-order valence-corrected chi connectivity index (χ2v) is 6.09. The van der Waals surface area contributed by atoms with Crippen molar-refractivity contribution < 1.29 is 13.9 Å². The number of amides is 1. The van der Waals surface area contributed by atoms with Gasteiger partial charge in [0, 0.05) is 38.0 Å². The van der Waals surface area contributed by atoms with Crippen LogP contribution in [0, 0.1) is 5.82 Å². The number of fused-ring (bicyclic) bond motifs is 1. The van der Waals surface area contributed by atoms with E-state index in [0.717, 1.165) is 5.56 Å². The highest BCUT2D eigenvalue weighted by molar-refractivity contribution is 5.98. The van der Waals surface area contributed by atoms with Crippen molar-refractivity contribution in [3.63, 3.8) is 0 Å². The van der Waals surface area contributed by atoms with E-state index in [4.69, 9.17) is 4.74 Å². The van der Waals surface area contributed by atoms with Crippen LogP contribution in [0.25, 0.3) is 5.65 Å². The van der Waals surface area contributed by atoms with E-state index >= 15 is 0 Å². The van der Waals surface area contributed by atoms with Crippen LogP contribution in [0.1, 0.15) is 28.9 Å². The first kappa shape index (κ1) is 15.7. The standard InChI is InChI=1S/C18H17FN4O2/c19-14-3-1-13(2-4-14)18(5-11-25-12-6-18)22-17(24)15-16-21-8-10-23(16)9-7-20-15/h1-4,7-10H,5-6,11-12H2,(H,22,24). The summed E-state index contributed by atoms with van der Waals surface area (Å²) >= 11 is 0. The topological polar surface area (TPSA) is 68.5 Å². The molecule has 7 heteroatoms. The highest BCUT2D eigenvalue weighted by Gasteiger charge is 2.37. The van der Waals surface area contributed by atoms with Crippen molar-refractivity contribution in [3.05, 3.63) is 66.1 Å². The Hall–Kier alpha value is -2.80. The summed E-state index contributed by atoms with van der Waals surface area (Å²) in [6.45, 7) is 1.05. The van der Waals surface area contributed by atoms with Crippen molar-refractivity contribution in [2.24, 2.45) is 0 Å². The molecule has 1 amide bonds. The quantitative estimate of drug-likeness (QED) is 0.794. The average molecular weight is 340 g/mol. The van der Waals surface area contributed by atoms with Crippen LogP contribution in [-0.2, 0) is 10.3 Å². The largest absolute Gasteiger partial charge is 0.381 e. The first-order chi connectivity index (χ1) is 12.2. The monoisotopic (exact) mass is 340 g/mol. The fourth-order valence-corrected chi connectivity index (χ4v) is 3.27. The highest BCUT2D eigenvalue weighted by Crippen LogP contribution is 2.32. The lowest BCUT2D eigenvalue weighted by Crippen LogP contribution is -2.49. The number of aromatic nitrogens is 3. The van der Waals surface area contributed by atoms with Crippen molar-refractivity contribution in [1.29, 1.82) is 0 Å². The third kappa shape index (κ3) is 2.87. The van der Waals surface area contributed by atoms with E-state index in [1.165, 1.54) is 12.1 Å². The lowest BCUT2D eigenvalue weighted by molar-refractivity contribution is 0.0344. The number of hydrogen-bond donors (Lipinski definition) is 1. The van der Waals surface area contributed by atoms with Crippen molar-refractivity contribution >= 4 is 11.6 Å². The van der Waals surface area contributed by atoms with E-state index < -0.39 is 5.54 Å². The molecule has 3 heterocycles. The lowest BCUT2D eigenvalue weighted by atomic mass is 9.82. The molecule has 0 aliphatic carbocycles. The summed E-state index contributed by atoms with van der Waals surface area (Å²) < 4.78 is 20.5. The van der Waals surface area contributed by atoms with E-state index in [0.29, 0.717) is 31.7 Å². The minimum Gasteiger partial charge on any atom is -0.381 e. The number of nitrogens with one attached hydrogen (secondary N) is 1. The maximum absolute atomic E-state index is 13.3. The van der Waals surface area contributed by atoms with Crippen LogP contribution in [0.15, 0.2) is 49.1 Å². The smallest absolute Gasteiger partial charge is 0.274 e. The van der Waals surface area contributed by atoms with Gasteiger partial charge in [0.1, 0.15) is 5.82 Å². The minimum absolute atomic E-state index is 0.264. The SMILES string of the molecule is O=C(NC1(c2ccc(F)cc2)CCOCC1)c1nccn2ccnc12. The molecule has 0 unspecified atom stereocenters. The summed E-state index contributed by atoms with van der Waals surface area (Å²) in [6.07, 6.45) is 7.92. The molecular weight excluding hydrogens is 323 g/mol. The van der Waals surface area contributed by atoms with E-state index in [1.54, 1.807) is 41.3 Å². The molecule has 1 aliphatic rings. The molecule has 0 atom stereocenters. The molecule has 6 nitrogen and oxygen atoms in total. The van der Waals surface area contributed by atoms with Gasteiger partial charge in [0.05, 0.1) is 5.54 Å². The molecule has 0 saturated carbocycles. The van der Waals surface area contributed by atoms with Gasteiger partial charge in [-0.05, 0) is 30.5 Å². The first-order valence-electron chi connectivity index (χ1n) is 8.12. The van der Waals surface area contributed by atoms with Crippen molar-refractivity contribution in [1.82, 2.24) is 19.7 Å². The zero-order valence-corrected chi connectivity index (χ0v) is 13.5. The molecule has 2 aromatic heterocycles. The van der Waals surface area contributed by atoms with Gasteiger partial charge in [-0.25, -0.2) is 14.4 Å². The van der Waals surface area contributed by atoms with E-state index in [9.17, 15) is 9.18 Å². The Labute approximate surface area is 143 Å². The molecule has 25 heavy (non-hydrogen) atoms. The zero-order valence-electron chi connectivity index (χ0n) is 13.5. The predicted molar refractivity (Wildman–Crippen MR) is 88.6 cm³/mol. The number of benzene rings is 1. The van der Waals surface area contributed by atoms with Gasteiger partial charge in [-0.2, -0.15) is 0 Å². The van der Waals surface area contributed by atoms with E-state index in [2.05, 4.69) is 15.3 Å². The molecule has 3 aromatic rings. The number of carbonyl (C=O) groups is 1. The third-order valence-corrected chi connectivity index (χ3v) is 4.62. The van der Waals surface area contributed by atoms with Crippen LogP contribution >= 0.6 is 0 Å². The van der Waals surface area contributed by atoms with Gasteiger partial charge in [-0.15, -0.1) is 0 Å². The first-order valence-corrected chi connectivity index (χ1v) is 8.12. The van der Waals surface area contributed by atoms with Gasteiger partial charge in [0.2, 0.25) is 0 Å². The molecule has 1 aromatic carbocycles. The van der Waals surface area contributed by atoms with Crippen LogP contribution < -0.4 is 5.32 Å². The number of nitrogens with zero attached hydrogens (tertiary/aromatic N) is 3. The van der Waals surface area contributed by atoms with Crippen LogP contribution in [0.3, 0.4) is 0 Å². The Morgan fingerprint density at radius 3 is 2.52 bits per heavy atom. The summed E-state index contributed by atoms with van der Waals surface area (Å²) in [6, 6.07) is 6.24. The predicted octanol–water partition coefficient (Wildman–Crippen LogP) is 2.30. The van der Waals surface area contributed by atoms with Crippen LogP contribution in [-0.4, -0.2) is 33.5 Å². The maximum Gasteiger partial charge on any atom is 0.274 e. The van der Waals surface area contributed by atoms with Crippen LogP contribution in [0.4, 0.5) is 4.39 Å². The highest BCUT2D eigenvalue weighted by atomic mass is 19.1. The second-order valence-electron chi connectivity index (χ2n) is 6.09. The molecule has 128 valence electrons. The van der Waals surface area contributed by atoms with E-state index in [-0.39, 0.29) is 17.4 Å². The fraction of sp³-hybridized carbons (Fsp3) is 0.278. The van der Waals surface area contributed by atoms with Gasteiger partial charge in [0.25, 0.3) is 5.91 Å². The van der Waals surface area contributed by atoms with Gasteiger partial charge in [0.15, 0.2) is 11.3 Å². The number of imidazole rings is 1. The Kier molecular flexibility index (Phi) is 3.93. The zero-order chi connectivity index (χ0) is 17.3. The summed E-state index contributed by atoms with van der Waals surface area (Å²) in [5.74, 6) is -0.607. The van der Waals surface area contributed by atoms with Gasteiger partial charge in [-0.1, -0.05) is 12.1 Å². The summed E-state index contributed by atoms with van der Waals surface area (Å²) in [5, 5.41) is 3.11. The molecule has 1 fully saturated rings. The molecule has 4 rings (SSSR count). The number of halogens is 1. The van der Waals surface area contributed by atoms with E-state index in [1.807, 2.05) is 0 Å². The Morgan fingerprint density at radius 1 is 1.12 bits per heavy atom. The van der Waals surface area contributed by atoms with Crippen LogP contribution in [0.2, 0.25) is 0 Å². The number of ether oxygens (including phenoxy) is 1. The molecule has 1 N–H and O–H groups in total. The molecule has 0 radical (unpaired) electrons. The van der Waals surface area contributed by atoms with Gasteiger partial charge < -0.3 is 14.5 Å². The van der Waals surface area contributed by atoms with Crippen LogP contribution in [0.5, 0.6) is 0 Å². The fourth-order valence-electron chi connectivity index (χ4n) is 3.27. The summed E-state index contributed by atoms with van der Waals surface area (Å²) in [5.41, 5.74) is 1.02. The van der Waals surface area contributed by atoms with Gasteiger partial charge in [-0.3, -0.25) is 4.79 Å². The second kappa shape index (κ2) is 6.25. The Morgan fingerprint density at radius 2 is 1.80 bits per heavy atom. The number of carbonyl (C=O) groups excluding carboxylic acids is 1. The maximum atomic E-state index is 13.3. The Balaban J connectivity index is 1.70. The lowest BCUT2D eigenvalue weighted by Gasteiger charge is -2.38. The summed E-state index contributed by atoms with van der Waals surface area (Å²) in [7, 11) is 0. The number of hydrogen-bond acceptors (Lipinski definition) is 4. The van der Waals surface area contributed by atoms with Crippen molar-refractivity contribution in [2.75, 3.05) is 13.2 Å². The summed E-state index contributed by atoms with van der Waals surface area (Å²) in [4.78, 5) is 21.3. The van der Waals surface area contributed by atoms with Crippen molar-refractivity contribution in [2.45, 2.75) is 18.4 Å². The normalized spacial score (nSPS) is 16.7. The average Bonchev–Trinajstić information content (AvgIpc) is 3.11. The van der Waals surface area contributed by atoms with Gasteiger partial charge >= 0.3 is 0 Å². The molecule has 0 spiro atoms. The molecule has 1 aliphatic heterocycles. The minimum atomic E-state index is -0.607. The number of rotatable bonds is 3. The molecule has 0 bridgehead atoms. The molecule has 1 saturated heterocycles. The molecular formula is C18H17FN4O2.